The zero-order valence-corrected chi connectivity index (χ0v) is 10.2. The van der Waals surface area contributed by atoms with Crippen LogP contribution in [0.15, 0.2) is 22.6 Å². The fourth-order valence-electron chi connectivity index (χ4n) is 2.13. The SMILES string of the molecule is Cc1nc2cc(CCCNC3CC3)ccc2o1. The van der Waals surface area contributed by atoms with E-state index in [2.05, 4.69) is 22.4 Å². The van der Waals surface area contributed by atoms with E-state index in [-0.39, 0.29) is 0 Å². The van der Waals surface area contributed by atoms with Crippen LogP contribution in [0.3, 0.4) is 0 Å². The maximum absolute atomic E-state index is 5.46. The van der Waals surface area contributed by atoms with Crippen molar-refractivity contribution in [3.63, 3.8) is 0 Å². The van der Waals surface area contributed by atoms with Crippen LogP contribution in [0.5, 0.6) is 0 Å². The standard InChI is InChI=1S/C14H18N2O/c1-10-16-13-9-11(4-7-14(13)17-10)3-2-8-15-12-5-6-12/h4,7,9,12,15H,2-3,5-6,8H2,1H3. The molecule has 0 spiro atoms. The van der Waals surface area contributed by atoms with Gasteiger partial charge in [-0.05, 0) is 49.9 Å². The van der Waals surface area contributed by atoms with Gasteiger partial charge in [0.1, 0.15) is 5.52 Å². The molecule has 0 amide bonds. The Morgan fingerprint density at radius 3 is 3.12 bits per heavy atom. The van der Waals surface area contributed by atoms with E-state index in [9.17, 15) is 0 Å². The van der Waals surface area contributed by atoms with E-state index in [1.807, 2.05) is 13.0 Å². The largest absolute Gasteiger partial charge is 0.441 e. The molecular formula is C14H18N2O. The smallest absolute Gasteiger partial charge is 0.192 e. The van der Waals surface area contributed by atoms with Crippen molar-refractivity contribution in [1.29, 1.82) is 0 Å². The number of aryl methyl sites for hydroxylation is 2. The van der Waals surface area contributed by atoms with E-state index < -0.39 is 0 Å². The molecule has 1 N–H and O–H groups in total. The Bertz CT molecular complexity index is 514. The molecule has 0 unspecified atom stereocenters. The number of fused-ring (bicyclic) bond motifs is 1. The number of benzene rings is 1. The molecule has 0 radical (unpaired) electrons. The lowest BCUT2D eigenvalue weighted by atomic mass is 10.1. The molecular weight excluding hydrogens is 212 g/mol. The monoisotopic (exact) mass is 230 g/mol. The zero-order chi connectivity index (χ0) is 11.7. The fraction of sp³-hybridized carbons (Fsp3) is 0.500. The summed E-state index contributed by atoms with van der Waals surface area (Å²) in [5.74, 6) is 0.743. The maximum atomic E-state index is 5.46. The van der Waals surface area contributed by atoms with Gasteiger partial charge in [0.05, 0.1) is 0 Å². The molecule has 2 aromatic rings. The van der Waals surface area contributed by atoms with Crippen LogP contribution >= 0.6 is 0 Å². The van der Waals surface area contributed by atoms with Crippen molar-refractivity contribution in [2.75, 3.05) is 6.54 Å². The van der Waals surface area contributed by atoms with Gasteiger partial charge in [-0.1, -0.05) is 6.07 Å². The average molecular weight is 230 g/mol. The molecule has 0 aliphatic heterocycles. The predicted molar refractivity (Wildman–Crippen MR) is 68.1 cm³/mol. The van der Waals surface area contributed by atoms with Gasteiger partial charge in [-0.15, -0.1) is 0 Å². The lowest BCUT2D eigenvalue weighted by Gasteiger charge is -2.02. The van der Waals surface area contributed by atoms with Crippen molar-refractivity contribution >= 4 is 11.1 Å². The Labute approximate surface area is 101 Å². The number of nitrogens with one attached hydrogen (secondary N) is 1. The Balaban J connectivity index is 1.59. The molecule has 0 saturated heterocycles. The fourth-order valence-corrected chi connectivity index (χ4v) is 2.13. The van der Waals surface area contributed by atoms with Crippen LogP contribution in [0.1, 0.15) is 30.7 Å². The molecule has 0 bridgehead atoms. The van der Waals surface area contributed by atoms with Crippen LogP contribution in [0.2, 0.25) is 0 Å². The summed E-state index contributed by atoms with van der Waals surface area (Å²) in [4.78, 5) is 4.36. The molecule has 1 saturated carbocycles. The van der Waals surface area contributed by atoms with Crippen LogP contribution < -0.4 is 5.32 Å². The molecule has 17 heavy (non-hydrogen) atoms. The summed E-state index contributed by atoms with van der Waals surface area (Å²) in [5, 5.41) is 3.53. The third-order valence-corrected chi connectivity index (χ3v) is 3.21. The molecule has 3 nitrogen and oxygen atoms in total. The second-order valence-electron chi connectivity index (χ2n) is 4.87. The van der Waals surface area contributed by atoms with Gasteiger partial charge >= 0.3 is 0 Å². The van der Waals surface area contributed by atoms with Crippen molar-refractivity contribution in [2.24, 2.45) is 0 Å². The van der Waals surface area contributed by atoms with Gasteiger partial charge < -0.3 is 9.73 Å². The lowest BCUT2D eigenvalue weighted by Crippen LogP contribution is -2.17. The Hall–Kier alpha value is -1.35. The number of rotatable bonds is 5. The molecule has 1 aromatic carbocycles. The highest BCUT2D eigenvalue weighted by Gasteiger charge is 2.19. The molecule has 90 valence electrons. The molecule has 1 fully saturated rings. The first kappa shape index (κ1) is 10.8. The summed E-state index contributed by atoms with van der Waals surface area (Å²) in [6.45, 7) is 3.01. The van der Waals surface area contributed by atoms with Gasteiger partial charge in [0, 0.05) is 13.0 Å². The summed E-state index contributed by atoms with van der Waals surface area (Å²) in [6, 6.07) is 7.13. The molecule has 1 aliphatic rings. The Kier molecular flexibility index (Phi) is 2.85. The Morgan fingerprint density at radius 1 is 1.41 bits per heavy atom. The van der Waals surface area contributed by atoms with Crippen molar-refractivity contribution in [1.82, 2.24) is 10.3 Å². The average Bonchev–Trinajstić information content (AvgIpc) is 3.05. The lowest BCUT2D eigenvalue weighted by molar-refractivity contribution is 0.561. The molecule has 1 aliphatic carbocycles. The molecule has 1 aromatic heterocycles. The quantitative estimate of drug-likeness (QED) is 0.803. The summed E-state index contributed by atoms with van der Waals surface area (Å²) >= 11 is 0. The minimum atomic E-state index is 0.743. The number of hydrogen-bond donors (Lipinski definition) is 1. The number of aromatic nitrogens is 1. The second kappa shape index (κ2) is 4.49. The van der Waals surface area contributed by atoms with Gasteiger partial charge in [-0.25, -0.2) is 4.98 Å². The van der Waals surface area contributed by atoms with Crippen LogP contribution in [-0.4, -0.2) is 17.6 Å². The van der Waals surface area contributed by atoms with Crippen molar-refractivity contribution in [3.05, 3.63) is 29.7 Å². The molecule has 3 rings (SSSR count). The highest BCUT2D eigenvalue weighted by molar-refractivity contribution is 5.73. The van der Waals surface area contributed by atoms with Gasteiger partial charge in [-0.3, -0.25) is 0 Å². The highest BCUT2D eigenvalue weighted by Crippen LogP contribution is 2.19. The van der Waals surface area contributed by atoms with Crippen molar-refractivity contribution in [2.45, 2.75) is 38.6 Å². The van der Waals surface area contributed by atoms with Gasteiger partial charge in [0.2, 0.25) is 0 Å². The molecule has 0 atom stereocenters. The minimum Gasteiger partial charge on any atom is -0.441 e. The van der Waals surface area contributed by atoms with E-state index in [1.54, 1.807) is 0 Å². The van der Waals surface area contributed by atoms with Gasteiger partial charge in [0.15, 0.2) is 11.5 Å². The summed E-state index contributed by atoms with van der Waals surface area (Å²) in [6.07, 6.45) is 5.04. The van der Waals surface area contributed by atoms with E-state index in [0.717, 1.165) is 36.0 Å². The second-order valence-corrected chi connectivity index (χ2v) is 4.87. The zero-order valence-electron chi connectivity index (χ0n) is 10.2. The normalized spacial score (nSPS) is 15.6. The first-order chi connectivity index (χ1) is 8.31. The summed E-state index contributed by atoms with van der Waals surface area (Å²) < 4.78 is 5.46. The van der Waals surface area contributed by atoms with E-state index in [4.69, 9.17) is 4.42 Å². The third-order valence-electron chi connectivity index (χ3n) is 3.21. The van der Waals surface area contributed by atoms with Crippen LogP contribution in [0.25, 0.3) is 11.1 Å². The predicted octanol–water partition coefficient (Wildman–Crippen LogP) is 2.82. The highest BCUT2D eigenvalue weighted by atomic mass is 16.3. The maximum Gasteiger partial charge on any atom is 0.192 e. The number of oxazole rings is 1. The first-order valence-corrected chi connectivity index (χ1v) is 6.41. The summed E-state index contributed by atoms with van der Waals surface area (Å²) in [7, 11) is 0. The van der Waals surface area contributed by atoms with Gasteiger partial charge in [0.25, 0.3) is 0 Å². The van der Waals surface area contributed by atoms with Crippen LogP contribution in [0.4, 0.5) is 0 Å². The molecule has 3 heteroatoms. The summed E-state index contributed by atoms with van der Waals surface area (Å²) in [5.41, 5.74) is 3.22. The van der Waals surface area contributed by atoms with Crippen molar-refractivity contribution < 1.29 is 4.42 Å². The topological polar surface area (TPSA) is 38.1 Å². The minimum absolute atomic E-state index is 0.743. The van der Waals surface area contributed by atoms with Gasteiger partial charge in [-0.2, -0.15) is 0 Å². The van der Waals surface area contributed by atoms with E-state index in [0.29, 0.717) is 0 Å². The third kappa shape index (κ3) is 2.67. The number of nitrogens with zero attached hydrogens (tertiary/aromatic N) is 1. The first-order valence-electron chi connectivity index (χ1n) is 6.41. The van der Waals surface area contributed by atoms with Crippen LogP contribution in [0, 0.1) is 6.92 Å². The van der Waals surface area contributed by atoms with E-state index >= 15 is 0 Å². The van der Waals surface area contributed by atoms with Crippen LogP contribution in [-0.2, 0) is 6.42 Å². The number of hydrogen-bond acceptors (Lipinski definition) is 3. The van der Waals surface area contributed by atoms with Crippen molar-refractivity contribution in [3.8, 4) is 0 Å². The van der Waals surface area contributed by atoms with E-state index in [1.165, 1.54) is 24.8 Å². The molecule has 1 heterocycles. The Morgan fingerprint density at radius 2 is 2.29 bits per heavy atom.